The second kappa shape index (κ2) is 4.37. The van der Waals surface area contributed by atoms with E-state index >= 15 is 0 Å². The Morgan fingerprint density at radius 2 is 2.22 bits per heavy atom. The summed E-state index contributed by atoms with van der Waals surface area (Å²) < 4.78 is 1.98. The molecule has 1 aromatic carbocycles. The zero-order valence-corrected chi connectivity index (χ0v) is 11.0. The Morgan fingerprint density at radius 3 is 2.94 bits per heavy atom. The molecule has 1 aliphatic heterocycles. The summed E-state index contributed by atoms with van der Waals surface area (Å²) in [6.07, 6.45) is 3.09. The third kappa shape index (κ3) is 1.72. The van der Waals surface area contributed by atoms with Gasteiger partial charge in [0.1, 0.15) is 0 Å². The third-order valence-electron chi connectivity index (χ3n) is 4.12. The number of fused-ring (bicyclic) bond motifs is 1. The average Bonchev–Trinajstić information content (AvgIpc) is 2.93. The molecule has 4 nitrogen and oxygen atoms in total. The van der Waals surface area contributed by atoms with Gasteiger partial charge in [0.25, 0.3) is 0 Å². The molecular formula is C14H20N4. The first-order valence-electron chi connectivity index (χ1n) is 6.51. The van der Waals surface area contributed by atoms with E-state index in [1.807, 2.05) is 17.9 Å². The molecule has 0 aliphatic carbocycles. The van der Waals surface area contributed by atoms with Crippen LogP contribution in [0.4, 0.5) is 0 Å². The number of rotatable bonds is 2. The number of aryl methyl sites for hydroxylation is 1. The van der Waals surface area contributed by atoms with Gasteiger partial charge in [0, 0.05) is 25.0 Å². The number of hydrogen-bond acceptors (Lipinski definition) is 3. The summed E-state index contributed by atoms with van der Waals surface area (Å²) in [5, 5.41) is 5.59. The molecule has 1 saturated heterocycles. The van der Waals surface area contributed by atoms with E-state index in [1.54, 1.807) is 0 Å². The van der Waals surface area contributed by atoms with Gasteiger partial charge >= 0.3 is 0 Å². The maximum Gasteiger partial charge on any atom is 0.0726 e. The molecule has 3 rings (SSSR count). The van der Waals surface area contributed by atoms with Crippen LogP contribution in [-0.2, 0) is 7.05 Å². The molecule has 2 N–H and O–H groups in total. The highest BCUT2D eigenvalue weighted by molar-refractivity contribution is 5.82. The van der Waals surface area contributed by atoms with Crippen molar-refractivity contribution in [2.45, 2.75) is 12.5 Å². The van der Waals surface area contributed by atoms with Crippen molar-refractivity contribution >= 4 is 10.9 Å². The van der Waals surface area contributed by atoms with Gasteiger partial charge in [-0.05, 0) is 31.5 Å². The van der Waals surface area contributed by atoms with E-state index in [4.69, 9.17) is 5.73 Å². The predicted molar refractivity (Wildman–Crippen MR) is 73.2 cm³/mol. The van der Waals surface area contributed by atoms with Gasteiger partial charge in [-0.25, -0.2) is 0 Å². The van der Waals surface area contributed by atoms with Gasteiger partial charge in [-0.3, -0.25) is 9.58 Å². The molecule has 1 fully saturated rings. The van der Waals surface area contributed by atoms with Crippen LogP contribution in [-0.4, -0.2) is 34.8 Å². The number of nitrogens with two attached hydrogens (primary N) is 1. The van der Waals surface area contributed by atoms with Gasteiger partial charge in [-0.1, -0.05) is 18.2 Å². The first-order chi connectivity index (χ1) is 8.70. The molecule has 1 aromatic heterocycles. The number of nitrogens with zero attached hydrogens (tertiary/aromatic N) is 3. The van der Waals surface area contributed by atoms with Crippen LogP contribution in [0.2, 0.25) is 0 Å². The van der Waals surface area contributed by atoms with Crippen LogP contribution in [0, 0.1) is 5.92 Å². The molecule has 96 valence electrons. The number of aromatic nitrogens is 2. The van der Waals surface area contributed by atoms with E-state index in [0.29, 0.717) is 12.0 Å². The van der Waals surface area contributed by atoms with Crippen molar-refractivity contribution in [2.75, 3.05) is 20.1 Å². The highest BCUT2D eigenvalue weighted by Gasteiger charge is 2.31. The van der Waals surface area contributed by atoms with Crippen molar-refractivity contribution in [3.8, 4) is 0 Å². The Morgan fingerprint density at radius 1 is 1.39 bits per heavy atom. The van der Waals surface area contributed by atoms with Crippen LogP contribution in [0.15, 0.2) is 24.4 Å². The maximum absolute atomic E-state index is 5.81. The lowest BCUT2D eigenvalue weighted by atomic mass is 9.98. The van der Waals surface area contributed by atoms with Gasteiger partial charge in [0.2, 0.25) is 0 Å². The monoisotopic (exact) mass is 244 g/mol. The first-order valence-corrected chi connectivity index (χ1v) is 6.51. The Bertz CT molecular complexity index is 560. The first kappa shape index (κ1) is 11.7. The second-order valence-corrected chi connectivity index (χ2v) is 5.35. The van der Waals surface area contributed by atoms with Gasteiger partial charge in [-0.15, -0.1) is 0 Å². The highest BCUT2D eigenvalue weighted by Crippen LogP contribution is 2.36. The SMILES string of the molecule is CN1CC(CN)CC1c1cccc2cnn(C)c12. The fourth-order valence-corrected chi connectivity index (χ4v) is 3.17. The van der Waals surface area contributed by atoms with Crippen molar-refractivity contribution in [1.29, 1.82) is 0 Å². The van der Waals surface area contributed by atoms with Gasteiger partial charge < -0.3 is 5.73 Å². The minimum Gasteiger partial charge on any atom is -0.330 e. The normalized spacial score (nSPS) is 25.1. The second-order valence-electron chi connectivity index (χ2n) is 5.35. The van der Waals surface area contributed by atoms with Gasteiger partial charge in [0.15, 0.2) is 0 Å². The molecule has 0 radical (unpaired) electrons. The van der Waals surface area contributed by atoms with Crippen molar-refractivity contribution in [3.05, 3.63) is 30.0 Å². The van der Waals surface area contributed by atoms with E-state index in [-0.39, 0.29) is 0 Å². The molecule has 1 aliphatic rings. The van der Waals surface area contributed by atoms with Crippen LogP contribution in [0.1, 0.15) is 18.0 Å². The number of likely N-dealkylation sites (tertiary alicyclic amines) is 1. The summed E-state index contributed by atoms with van der Waals surface area (Å²) in [6.45, 7) is 1.87. The Balaban J connectivity index is 2.06. The van der Waals surface area contributed by atoms with Crippen LogP contribution in [0.5, 0.6) is 0 Å². The molecule has 0 saturated carbocycles. The lowest BCUT2D eigenvalue weighted by Gasteiger charge is -2.20. The Hall–Kier alpha value is -1.39. The molecular weight excluding hydrogens is 224 g/mol. The average molecular weight is 244 g/mol. The smallest absolute Gasteiger partial charge is 0.0726 e. The summed E-state index contributed by atoms with van der Waals surface area (Å²) in [4.78, 5) is 2.42. The quantitative estimate of drug-likeness (QED) is 0.871. The highest BCUT2D eigenvalue weighted by atomic mass is 15.3. The Kier molecular flexibility index (Phi) is 2.84. The largest absolute Gasteiger partial charge is 0.330 e. The van der Waals surface area contributed by atoms with E-state index in [9.17, 15) is 0 Å². The molecule has 2 heterocycles. The summed E-state index contributed by atoms with van der Waals surface area (Å²) >= 11 is 0. The number of benzene rings is 1. The van der Waals surface area contributed by atoms with Crippen molar-refractivity contribution in [3.63, 3.8) is 0 Å². The standard InChI is InChI=1S/C14H20N4/c1-17-9-10(7-15)6-13(17)12-5-3-4-11-8-16-18(2)14(11)12/h3-5,8,10,13H,6-7,9,15H2,1-2H3. The fraction of sp³-hybridized carbons (Fsp3) is 0.500. The van der Waals surface area contributed by atoms with E-state index in [1.165, 1.54) is 16.5 Å². The predicted octanol–water partition coefficient (Wildman–Crippen LogP) is 1.52. The molecule has 0 spiro atoms. The lowest BCUT2D eigenvalue weighted by molar-refractivity contribution is 0.314. The minimum absolute atomic E-state index is 0.470. The van der Waals surface area contributed by atoms with Crippen molar-refractivity contribution in [1.82, 2.24) is 14.7 Å². The topological polar surface area (TPSA) is 47.1 Å². The van der Waals surface area contributed by atoms with Crippen molar-refractivity contribution in [2.24, 2.45) is 18.7 Å². The maximum atomic E-state index is 5.81. The summed E-state index contributed by atoms with van der Waals surface area (Å²) in [6, 6.07) is 6.95. The van der Waals surface area contributed by atoms with E-state index in [2.05, 4.69) is 35.2 Å². The zero-order chi connectivity index (χ0) is 12.7. The molecule has 4 heteroatoms. The molecule has 18 heavy (non-hydrogen) atoms. The van der Waals surface area contributed by atoms with Crippen LogP contribution in [0.25, 0.3) is 10.9 Å². The molecule has 2 unspecified atom stereocenters. The Labute approximate surface area is 107 Å². The number of hydrogen-bond donors (Lipinski definition) is 1. The van der Waals surface area contributed by atoms with Crippen LogP contribution >= 0.6 is 0 Å². The summed E-state index contributed by atoms with van der Waals surface area (Å²) in [5.74, 6) is 0.614. The molecule has 0 amide bonds. The molecule has 2 atom stereocenters. The van der Waals surface area contributed by atoms with Gasteiger partial charge in [-0.2, -0.15) is 5.10 Å². The van der Waals surface area contributed by atoms with E-state index in [0.717, 1.165) is 19.5 Å². The number of para-hydroxylation sites is 1. The summed E-state index contributed by atoms with van der Waals surface area (Å²) in [7, 11) is 4.21. The van der Waals surface area contributed by atoms with E-state index < -0.39 is 0 Å². The lowest BCUT2D eigenvalue weighted by Crippen LogP contribution is -2.20. The molecule has 2 aromatic rings. The third-order valence-corrected chi connectivity index (χ3v) is 4.12. The zero-order valence-electron chi connectivity index (χ0n) is 11.0. The van der Waals surface area contributed by atoms with Crippen LogP contribution in [0.3, 0.4) is 0 Å². The van der Waals surface area contributed by atoms with Crippen molar-refractivity contribution < 1.29 is 0 Å². The minimum atomic E-state index is 0.470. The molecule has 0 bridgehead atoms. The van der Waals surface area contributed by atoms with Gasteiger partial charge in [0.05, 0.1) is 11.7 Å². The fourth-order valence-electron chi connectivity index (χ4n) is 3.17. The summed E-state index contributed by atoms with van der Waals surface area (Å²) in [5.41, 5.74) is 8.45. The van der Waals surface area contributed by atoms with Crippen LogP contribution < -0.4 is 5.73 Å².